The standard InChI is InChI=1S/C7H12N2.C3H8O3S.C2H6O/c1-2-3-5-9-6-4-8-7-9;1-2-3-7(4,5)6;1-3-2/h4,6-7H,2-3,5H2,1H3;2-3H2,1H3,(H,4,5,6);1-2H3. The SMILES string of the molecule is CCCC[n+]1cc[nH]c1.CCCS(=O)(=O)[O-].COC. The first-order valence-corrected chi connectivity index (χ1v) is 7.84. The highest BCUT2D eigenvalue weighted by Crippen LogP contribution is 1.84. The van der Waals surface area contributed by atoms with Crippen LogP contribution in [0, 0.1) is 0 Å². The second-order valence-corrected chi connectivity index (χ2v) is 5.40. The van der Waals surface area contributed by atoms with E-state index in [1.807, 2.05) is 12.5 Å². The zero-order chi connectivity index (χ0) is 15.1. The molecule has 6 nitrogen and oxygen atoms in total. The zero-order valence-electron chi connectivity index (χ0n) is 12.3. The van der Waals surface area contributed by atoms with Crippen molar-refractivity contribution < 1.29 is 22.3 Å². The van der Waals surface area contributed by atoms with Gasteiger partial charge in [0, 0.05) is 20.0 Å². The van der Waals surface area contributed by atoms with Gasteiger partial charge in [-0.1, -0.05) is 20.3 Å². The molecule has 0 radical (unpaired) electrons. The van der Waals surface area contributed by atoms with Crippen LogP contribution in [0.25, 0.3) is 0 Å². The van der Waals surface area contributed by atoms with Gasteiger partial charge in [0.15, 0.2) is 0 Å². The predicted molar refractivity (Wildman–Crippen MR) is 73.7 cm³/mol. The van der Waals surface area contributed by atoms with Gasteiger partial charge in [0.05, 0.1) is 16.7 Å². The molecule has 1 heterocycles. The van der Waals surface area contributed by atoms with E-state index in [2.05, 4.69) is 27.4 Å². The maximum Gasteiger partial charge on any atom is 0.241 e. The summed E-state index contributed by atoms with van der Waals surface area (Å²) in [6.45, 7) is 4.99. The maximum atomic E-state index is 9.68. The molecule has 0 fully saturated rings. The summed E-state index contributed by atoms with van der Waals surface area (Å²) in [7, 11) is -0.674. The van der Waals surface area contributed by atoms with Gasteiger partial charge in [-0.2, -0.15) is 0 Å². The summed E-state index contributed by atoms with van der Waals surface area (Å²) >= 11 is 0. The summed E-state index contributed by atoms with van der Waals surface area (Å²) in [5.74, 6) is -0.243. The number of nitrogens with one attached hydrogen (secondary N) is 1. The molecule has 1 aromatic heterocycles. The van der Waals surface area contributed by atoms with Crippen LogP contribution in [0.3, 0.4) is 0 Å². The quantitative estimate of drug-likeness (QED) is 0.655. The normalized spacial score (nSPS) is 9.95. The van der Waals surface area contributed by atoms with Crippen LogP contribution in [0.2, 0.25) is 0 Å². The lowest BCUT2D eigenvalue weighted by molar-refractivity contribution is -0.696. The molecular formula is C12H26N2O4S. The predicted octanol–water partition coefficient (Wildman–Crippen LogP) is 1.31. The lowest BCUT2D eigenvalue weighted by Gasteiger charge is -2.00. The molecule has 1 rings (SSSR count). The van der Waals surface area contributed by atoms with E-state index in [0.29, 0.717) is 6.42 Å². The topological polar surface area (TPSA) is 86.1 Å². The minimum atomic E-state index is -3.92. The molecule has 0 saturated heterocycles. The highest BCUT2D eigenvalue weighted by molar-refractivity contribution is 7.85. The molecule has 0 aliphatic heterocycles. The molecular weight excluding hydrogens is 268 g/mol. The number of aromatic amines is 1. The van der Waals surface area contributed by atoms with Crippen molar-refractivity contribution in [3.05, 3.63) is 18.7 Å². The van der Waals surface area contributed by atoms with Crippen molar-refractivity contribution in [1.82, 2.24) is 4.98 Å². The number of aryl methyl sites for hydroxylation is 1. The second kappa shape index (κ2) is 13.5. The van der Waals surface area contributed by atoms with Gasteiger partial charge in [-0.3, -0.25) is 4.98 Å². The Morgan fingerprint density at radius 3 is 2.11 bits per heavy atom. The molecule has 0 atom stereocenters. The Kier molecular flexibility index (Phi) is 14.5. The highest BCUT2D eigenvalue weighted by atomic mass is 32.2. The average Bonchev–Trinajstić information content (AvgIpc) is 2.79. The number of aromatic nitrogens is 2. The fraction of sp³-hybridized carbons (Fsp3) is 0.750. The van der Waals surface area contributed by atoms with Gasteiger partial charge < -0.3 is 9.29 Å². The van der Waals surface area contributed by atoms with Crippen molar-refractivity contribution in [2.75, 3.05) is 20.0 Å². The van der Waals surface area contributed by atoms with Crippen LogP contribution in [0.15, 0.2) is 18.7 Å². The smallest absolute Gasteiger partial charge is 0.241 e. The minimum absolute atomic E-state index is 0.243. The Balaban J connectivity index is 0. The third-order valence-electron chi connectivity index (χ3n) is 1.83. The first kappa shape index (κ1) is 20.4. The molecule has 0 aromatic carbocycles. The molecule has 19 heavy (non-hydrogen) atoms. The van der Waals surface area contributed by atoms with Crippen molar-refractivity contribution in [2.45, 2.75) is 39.7 Å². The maximum absolute atomic E-state index is 9.68. The van der Waals surface area contributed by atoms with Crippen LogP contribution in [-0.4, -0.2) is 37.9 Å². The van der Waals surface area contributed by atoms with Crippen LogP contribution >= 0.6 is 0 Å². The molecule has 0 saturated carbocycles. The van der Waals surface area contributed by atoms with Gasteiger partial charge in [-0.05, 0) is 12.8 Å². The van der Waals surface area contributed by atoms with E-state index in [0.717, 1.165) is 6.54 Å². The number of hydrogen-bond acceptors (Lipinski definition) is 4. The van der Waals surface area contributed by atoms with E-state index in [-0.39, 0.29) is 5.75 Å². The van der Waals surface area contributed by atoms with Crippen molar-refractivity contribution in [2.24, 2.45) is 0 Å². The number of rotatable bonds is 5. The molecule has 0 aliphatic carbocycles. The Bertz CT molecular complexity index is 363. The number of unbranched alkanes of at least 4 members (excludes halogenated alkanes) is 1. The number of H-pyrrole nitrogens is 1. The Hall–Kier alpha value is -0.920. The van der Waals surface area contributed by atoms with Crippen molar-refractivity contribution in [3.8, 4) is 0 Å². The van der Waals surface area contributed by atoms with E-state index in [1.165, 1.54) is 12.8 Å². The van der Waals surface area contributed by atoms with E-state index in [4.69, 9.17) is 0 Å². The lowest BCUT2D eigenvalue weighted by Crippen LogP contribution is -2.29. The molecule has 0 bridgehead atoms. The highest BCUT2D eigenvalue weighted by Gasteiger charge is 1.92. The fourth-order valence-electron chi connectivity index (χ4n) is 1.05. The Morgan fingerprint density at radius 1 is 1.26 bits per heavy atom. The lowest BCUT2D eigenvalue weighted by atomic mass is 10.3. The van der Waals surface area contributed by atoms with Crippen LogP contribution in [-0.2, 0) is 21.4 Å². The first-order chi connectivity index (χ1) is 8.91. The van der Waals surface area contributed by atoms with Crippen LogP contribution in [0.1, 0.15) is 33.1 Å². The molecule has 0 unspecified atom stereocenters. The van der Waals surface area contributed by atoms with E-state index in [1.54, 1.807) is 21.1 Å². The van der Waals surface area contributed by atoms with Gasteiger partial charge in [-0.15, -0.1) is 0 Å². The van der Waals surface area contributed by atoms with Gasteiger partial charge in [0.25, 0.3) is 0 Å². The summed E-state index contributed by atoms with van der Waals surface area (Å²) in [5, 5.41) is 0. The first-order valence-electron chi connectivity index (χ1n) is 6.26. The summed E-state index contributed by atoms with van der Waals surface area (Å²) < 4.78 is 35.4. The summed E-state index contributed by atoms with van der Waals surface area (Å²) in [6, 6.07) is 0. The number of ether oxygens (including phenoxy) is 1. The van der Waals surface area contributed by atoms with Crippen LogP contribution < -0.4 is 4.57 Å². The summed E-state index contributed by atoms with van der Waals surface area (Å²) in [5.41, 5.74) is 0. The van der Waals surface area contributed by atoms with Gasteiger partial charge >= 0.3 is 0 Å². The molecule has 114 valence electrons. The molecule has 7 heteroatoms. The van der Waals surface area contributed by atoms with E-state index < -0.39 is 10.1 Å². The van der Waals surface area contributed by atoms with E-state index in [9.17, 15) is 13.0 Å². The van der Waals surface area contributed by atoms with Gasteiger partial charge in [-0.25, -0.2) is 13.0 Å². The van der Waals surface area contributed by atoms with Crippen molar-refractivity contribution in [3.63, 3.8) is 0 Å². The van der Waals surface area contributed by atoms with Crippen LogP contribution in [0.4, 0.5) is 0 Å². The zero-order valence-corrected chi connectivity index (χ0v) is 13.1. The number of nitrogens with zero attached hydrogens (tertiary/aromatic N) is 1. The summed E-state index contributed by atoms with van der Waals surface area (Å²) in [4.78, 5) is 3.00. The molecule has 0 amide bonds. The van der Waals surface area contributed by atoms with Crippen LogP contribution in [0.5, 0.6) is 0 Å². The average molecular weight is 294 g/mol. The minimum Gasteiger partial charge on any atom is -0.748 e. The second-order valence-electron chi connectivity index (χ2n) is 3.87. The van der Waals surface area contributed by atoms with Gasteiger partial charge in [0.2, 0.25) is 6.33 Å². The summed E-state index contributed by atoms with van der Waals surface area (Å²) in [6.07, 6.45) is 8.91. The third-order valence-corrected chi connectivity index (χ3v) is 2.73. The van der Waals surface area contributed by atoms with E-state index >= 15 is 0 Å². The Labute approximate surface area is 116 Å². The molecule has 0 spiro atoms. The van der Waals surface area contributed by atoms with Crippen molar-refractivity contribution in [1.29, 1.82) is 0 Å². The molecule has 1 N–H and O–H groups in total. The number of imidazole rings is 1. The number of methoxy groups -OCH3 is 1. The number of hydrogen-bond donors (Lipinski definition) is 1. The largest absolute Gasteiger partial charge is 0.748 e. The monoisotopic (exact) mass is 294 g/mol. The molecule has 0 aliphatic rings. The third kappa shape index (κ3) is 19.6. The van der Waals surface area contributed by atoms with Crippen molar-refractivity contribution >= 4 is 10.1 Å². The van der Waals surface area contributed by atoms with Gasteiger partial charge in [0.1, 0.15) is 12.4 Å². The molecule has 1 aromatic rings. The fourth-order valence-corrected chi connectivity index (χ4v) is 1.55. The Morgan fingerprint density at radius 2 is 1.84 bits per heavy atom.